The Morgan fingerprint density at radius 1 is 1.38 bits per heavy atom. The molecular weight excluding hydrogens is 324 g/mol. The fraction of sp³-hybridized carbons (Fsp3) is 0.444. The number of aromatic nitrogens is 1. The van der Waals surface area contributed by atoms with Gasteiger partial charge in [0.15, 0.2) is 0 Å². The van der Waals surface area contributed by atoms with E-state index in [4.69, 9.17) is 9.47 Å². The molecule has 0 aliphatic carbocycles. The third-order valence-electron chi connectivity index (χ3n) is 4.37. The molecule has 24 heavy (non-hydrogen) atoms. The monoisotopic (exact) mass is 346 g/mol. The first-order chi connectivity index (χ1) is 11.6. The zero-order valence-corrected chi connectivity index (χ0v) is 15.1. The molecule has 0 saturated carbocycles. The molecule has 2 heterocycles. The van der Waals surface area contributed by atoms with E-state index < -0.39 is 0 Å². The van der Waals surface area contributed by atoms with Crippen LogP contribution in [-0.2, 0) is 11.2 Å². The minimum Gasteiger partial charge on any atom is -0.497 e. The highest BCUT2D eigenvalue weighted by Crippen LogP contribution is 2.38. The van der Waals surface area contributed by atoms with Crippen molar-refractivity contribution in [2.75, 3.05) is 20.8 Å². The van der Waals surface area contributed by atoms with Crippen molar-refractivity contribution in [3.8, 4) is 11.5 Å². The van der Waals surface area contributed by atoms with Crippen molar-refractivity contribution < 1.29 is 14.3 Å². The summed E-state index contributed by atoms with van der Waals surface area (Å²) in [5.41, 5.74) is 1.90. The summed E-state index contributed by atoms with van der Waals surface area (Å²) in [5.74, 6) is 1.65. The maximum atomic E-state index is 12.8. The highest BCUT2D eigenvalue weighted by molar-refractivity contribution is 7.09. The molecule has 3 rings (SSSR count). The summed E-state index contributed by atoms with van der Waals surface area (Å²) in [4.78, 5) is 19.1. The molecule has 0 radical (unpaired) electrons. The lowest BCUT2D eigenvalue weighted by Gasteiger charge is -2.26. The van der Waals surface area contributed by atoms with E-state index in [9.17, 15) is 4.79 Å². The number of ether oxygens (including phenoxy) is 2. The molecule has 1 aliphatic heterocycles. The van der Waals surface area contributed by atoms with E-state index in [1.165, 1.54) is 0 Å². The van der Waals surface area contributed by atoms with Crippen LogP contribution in [-0.4, -0.2) is 36.6 Å². The molecule has 1 aromatic carbocycles. The fourth-order valence-electron chi connectivity index (χ4n) is 3.23. The average Bonchev–Trinajstić information content (AvgIpc) is 3.23. The first-order valence-electron chi connectivity index (χ1n) is 8.04. The van der Waals surface area contributed by atoms with Crippen molar-refractivity contribution >= 4 is 17.2 Å². The standard InChI is InChI=1S/C18H22N2O3S/c1-12-19-13(11-24-12)9-18(21)20-8-4-5-16(20)15-7-6-14(22-2)10-17(15)23-3/h6-7,10-11,16H,4-5,8-9H2,1-3H3. The number of thiazole rings is 1. The van der Waals surface area contributed by atoms with Crippen LogP contribution in [0.1, 0.15) is 35.1 Å². The molecule has 0 spiro atoms. The number of hydrogen-bond acceptors (Lipinski definition) is 5. The predicted octanol–water partition coefficient (Wildman–Crippen LogP) is 3.37. The first-order valence-corrected chi connectivity index (χ1v) is 8.92. The highest BCUT2D eigenvalue weighted by Gasteiger charge is 2.32. The second-order valence-electron chi connectivity index (χ2n) is 5.89. The van der Waals surface area contributed by atoms with Gasteiger partial charge < -0.3 is 14.4 Å². The Bertz CT molecular complexity index is 729. The fourth-order valence-corrected chi connectivity index (χ4v) is 3.84. The first kappa shape index (κ1) is 16.8. The van der Waals surface area contributed by atoms with Crippen molar-refractivity contribution in [1.82, 2.24) is 9.88 Å². The quantitative estimate of drug-likeness (QED) is 0.833. The van der Waals surface area contributed by atoms with Crippen molar-refractivity contribution in [1.29, 1.82) is 0 Å². The number of carbonyl (C=O) groups is 1. The second kappa shape index (κ2) is 7.21. The number of carbonyl (C=O) groups excluding carboxylic acids is 1. The van der Waals surface area contributed by atoms with E-state index in [2.05, 4.69) is 4.98 Å². The van der Waals surface area contributed by atoms with Crippen molar-refractivity contribution in [3.63, 3.8) is 0 Å². The zero-order valence-electron chi connectivity index (χ0n) is 14.2. The minimum absolute atomic E-state index is 0.0538. The molecule has 1 unspecified atom stereocenters. The largest absolute Gasteiger partial charge is 0.497 e. The summed E-state index contributed by atoms with van der Waals surface area (Å²) in [5, 5.41) is 2.96. The van der Waals surface area contributed by atoms with Gasteiger partial charge in [0.2, 0.25) is 5.91 Å². The Labute approximate surface area is 146 Å². The maximum Gasteiger partial charge on any atom is 0.229 e. The molecule has 5 nitrogen and oxygen atoms in total. The normalized spacial score (nSPS) is 17.1. The van der Waals surface area contributed by atoms with Gasteiger partial charge in [-0.25, -0.2) is 4.98 Å². The molecule has 0 bridgehead atoms. The summed E-state index contributed by atoms with van der Waals surface area (Å²) < 4.78 is 10.8. The van der Waals surface area contributed by atoms with Gasteiger partial charge in [-0.3, -0.25) is 4.79 Å². The van der Waals surface area contributed by atoms with Gasteiger partial charge in [-0.1, -0.05) is 0 Å². The Morgan fingerprint density at radius 3 is 2.88 bits per heavy atom. The van der Waals surface area contributed by atoms with Gasteiger partial charge in [-0.2, -0.15) is 0 Å². The number of aryl methyl sites for hydroxylation is 1. The molecule has 1 atom stereocenters. The van der Waals surface area contributed by atoms with Crippen LogP contribution in [0.15, 0.2) is 23.6 Å². The van der Waals surface area contributed by atoms with E-state index in [-0.39, 0.29) is 11.9 Å². The van der Waals surface area contributed by atoms with Crippen LogP contribution in [0.3, 0.4) is 0 Å². The van der Waals surface area contributed by atoms with Crippen molar-refractivity contribution in [2.45, 2.75) is 32.2 Å². The number of methoxy groups -OCH3 is 2. The van der Waals surface area contributed by atoms with Crippen LogP contribution in [0, 0.1) is 6.92 Å². The third-order valence-corrected chi connectivity index (χ3v) is 5.19. The summed E-state index contributed by atoms with van der Waals surface area (Å²) >= 11 is 1.58. The molecule has 0 N–H and O–H groups in total. The number of hydrogen-bond donors (Lipinski definition) is 0. The smallest absolute Gasteiger partial charge is 0.229 e. The molecule has 1 aromatic heterocycles. The lowest BCUT2D eigenvalue weighted by Crippen LogP contribution is -2.32. The van der Waals surface area contributed by atoms with Gasteiger partial charge in [0.05, 0.1) is 37.4 Å². The van der Waals surface area contributed by atoms with Gasteiger partial charge in [-0.15, -0.1) is 11.3 Å². The van der Waals surface area contributed by atoms with E-state index in [1.54, 1.807) is 25.6 Å². The Morgan fingerprint density at radius 2 is 2.21 bits per heavy atom. The molecule has 1 aliphatic rings. The Balaban J connectivity index is 1.81. The Kier molecular flexibility index (Phi) is 5.04. The molecular formula is C18H22N2O3S. The van der Waals surface area contributed by atoms with Gasteiger partial charge in [0, 0.05) is 23.6 Å². The number of amides is 1. The van der Waals surface area contributed by atoms with Crippen LogP contribution in [0.4, 0.5) is 0 Å². The van der Waals surface area contributed by atoms with Crippen LogP contribution < -0.4 is 9.47 Å². The topological polar surface area (TPSA) is 51.7 Å². The summed E-state index contributed by atoms with van der Waals surface area (Å²) in [7, 11) is 3.28. The van der Waals surface area contributed by atoms with Gasteiger partial charge in [0.25, 0.3) is 0 Å². The van der Waals surface area contributed by atoms with E-state index in [0.29, 0.717) is 6.42 Å². The molecule has 1 amide bonds. The maximum absolute atomic E-state index is 12.8. The number of nitrogens with zero attached hydrogens (tertiary/aromatic N) is 2. The van der Waals surface area contributed by atoms with Gasteiger partial charge in [-0.05, 0) is 31.9 Å². The molecule has 1 saturated heterocycles. The zero-order chi connectivity index (χ0) is 17.1. The predicted molar refractivity (Wildman–Crippen MR) is 93.8 cm³/mol. The summed E-state index contributed by atoms with van der Waals surface area (Å²) in [6, 6.07) is 5.85. The van der Waals surface area contributed by atoms with Gasteiger partial charge >= 0.3 is 0 Å². The number of likely N-dealkylation sites (tertiary alicyclic amines) is 1. The average molecular weight is 346 g/mol. The van der Waals surface area contributed by atoms with Gasteiger partial charge in [0.1, 0.15) is 11.5 Å². The molecule has 128 valence electrons. The highest BCUT2D eigenvalue weighted by atomic mass is 32.1. The SMILES string of the molecule is COc1ccc(C2CCCN2C(=O)Cc2csc(C)n2)c(OC)c1. The third kappa shape index (κ3) is 3.38. The number of benzene rings is 1. The lowest BCUT2D eigenvalue weighted by atomic mass is 10.0. The minimum atomic E-state index is 0.0538. The van der Waals surface area contributed by atoms with Crippen LogP contribution >= 0.6 is 11.3 Å². The Hall–Kier alpha value is -2.08. The molecule has 6 heteroatoms. The van der Waals surface area contributed by atoms with E-state index >= 15 is 0 Å². The van der Waals surface area contributed by atoms with Crippen LogP contribution in [0.25, 0.3) is 0 Å². The lowest BCUT2D eigenvalue weighted by molar-refractivity contribution is -0.131. The van der Waals surface area contributed by atoms with Crippen LogP contribution in [0.5, 0.6) is 11.5 Å². The molecule has 1 fully saturated rings. The second-order valence-corrected chi connectivity index (χ2v) is 6.95. The molecule has 2 aromatic rings. The van der Waals surface area contributed by atoms with E-state index in [1.807, 2.05) is 35.4 Å². The van der Waals surface area contributed by atoms with Crippen LogP contribution in [0.2, 0.25) is 0 Å². The van der Waals surface area contributed by atoms with Crippen molar-refractivity contribution in [3.05, 3.63) is 39.8 Å². The van der Waals surface area contributed by atoms with E-state index in [0.717, 1.165) is 47.2 Å². The van der Waals surface area contributed by atoms with Crippen molar-refractivity contribution in [2.24, 2.45) is 0 Å². The number of rotatable bonds is 5. The summed E-state index contributed by atoms with van der Waals surface area (Å²) in [6.45, 7) is 2.74. The summed E-state index contributed by atoms with van der Waals surface area (Å²) in [6.07, 6.45) is 2.31.